The van der Waals surface area contributed by atoms with E-state index in [0.29, 0.717) is 63.6 Å². The summed E-state index contributed by atoms with van der Waals surface area (Å²) in [7, 11) is 0. The van der Waals surface area contributed by atoms with Crippen molar-refractivity contribution in [2.45, 2.75) is 46.0 Å². The molecule has 6 heteroatoms. The summed E-state index contributed by atoms with van der Waals surface area (Å²) in [5, 5.41) is 0. The largest absolute Gasteiger partial charge is 0.491 e. The molecule has 0 radical (unpaired) electrons. The number of ether oxygens (including phenoxy) is 4. The predicted octanol–water partition coefficient (Wildman–Crippen LogP) is 5.87. The van der Waals surface area contributed by atoms with Gasteiger partial charge >= 0.3 is 0 Å². The summed E-state index contributed by atoms with van der Waals surface area (Å²) in [6.45, 7) is 17.2. The Morgan fingerprint density at radius 2 is 1.03 bits per heavy atom. The third-order valence-corrected chi connectivity index (χ3v) is 5.99. The van der Waals surface area contributed by atoms with Crippen LogP contribution in [0.4, 0.5) is 0 Å². The Morgan fingerprint density at radius 1 is 0.649 bits per heavy atom. The Balaban J connectivity index is 1.96. The molecule has 0 spiro atoms. The molecule has 0 aromatic heterocycles. The van der Waals surface area contributed by atoms with Gasteiger partial charge in [0.05, 0.1) is 26.4 Å². The number of hydrogen-bond acceptors (Lipinski definition) is 6. The summed E-state index contributed by atoms with van der Waals surface area (Å²) in [5.74, 6) is 1.57. The topological polar surface area (TPSA) is 71.1 Å². The van der Waals surface area contributed by atoms with E-state index in [2.05, 4.69) is 39.1 Å². The highest BCUT2D eigenvalue weighted by molar-refractivity contribution is 5.94. The van der Waals surface area contributed by atoms with Crippen LogP contribution in [0.2, 0.25) is 0 Å². The molecule has 0 unspecified atom stereocenters. The van der Waals surface area contributed by atoms with Gasteiger partial charge in [0.25, 0.3) is 0 Å². The normalized spacial score (nSPS) is 11.1. The highest BCUT2D eigenvalue weighted by Gasteiger charge is 2.29. The molecule has 2 aromatic carbocycles. The third kappa shape index (κ3) is 9.63. The number of hydrogen-bond donors (Lipinski definition) is 0. The second-order valence-corrected chi connectivity index (χ2v) is 9.45. The number of carbonyl (C=O) groups excluding carboxylic acids is 2. The molecule has 0 fully saturated rings. The van der Waals surface area contributed by atoms with E-state index in [1.54, 1.807) is 13.8 Å². The van der Waals surface area contributed by atoms with Gasteiger partial charge in [-0.15, -0.1) is 0 Å². The zero-order valence-corrected chi connectivity index (χ0v) is 22.6. The summed E-state index contributed by atoms with van der Waals surface area (Å²) < 4.78 is 23.3. The second-order valence-electron chi connectivity index (χ2n) is 9.45. The molecule has 0 saturated heterocycles. The number of ketones is 2. The van der Waals surface area contributed by atoms with Gasteiger partial charge < -0.3 is 18.9 Å². The van der Waals surface area contributed by atoms with Crippen molar-refractivity contribution in [3.8, 4) is 11.5 Å². The molecule has 0 aliphatic heterocycles. The number of rotatable bonds is 18. The first-order chi connectivity index (χ1) is 17.6. The molecule has 37 heavy (non-hydrogen) atoms. The van der Waals surface area contributed by atoms with Gasteiger partial charge in [0.15, 0.2) is 11.6 Å². The van der Waals surface area contributed by atoms with Crippen LogP contribution in [0.25, 0.3) is 0 Å². The molecular formula is C31H40O6. The molecule has 2 aromatic rings. The highest BCUT2D eigenvalue weighted by Crippen LogP contribution is 2.41. The number of Topliss-reactive ketones (excluding diaryl/α,β-unsaturated/α-hetero) is 2. The van der Waals surface area contributed by atoms with Crippen molar-refractivity contribution < 1.29 is 28.5 Å². The standard InChI is InChI=1S/C31H40O6/c1-23(2)27(32)15-17-34-19-21-36-29-13-9-7-11-25(29)31(5,6)26-12-8-10-14-30(26)37-22-20-35-18-16-28(33)24(3)4/h7-14H,1,3,15-22H2,2,4-6H3. The molecule has 0 bridgehead atoms. The van der Waals surface area contributed by atoms with E-state index in [4.69, 9.17) is 18.9 Å². The quantitative estimate of drug-likeness (QED) is 0.185. The zero-order chi connectivity index (χ0) is 27.3. The SMILES string of the molecule is C=C(C)C(=O)CCOCCOc1ccccc1C(C)(C)c1ccccc1OCCOCCC(=O)C(=C)C. The van der Waals surface area contributed by atoms with Crippen LogP contribution in [0.5, 0.6) is 11.5 Å². The second kappa shape index (κ2) is 15.1. The van der Waals surface area contributed by atoms with Crippen molar-refractivity contribution in [2.24, 2.45) is 0 Å². The van der Waals surface area contributed by atoms with E-state index < -0.39 is 5.41 Å². The van der Waals surface area contributed by atoms with E-state index in [1.807, 2.05) is 36.4 Å². The monoisotopic (exact) mass is 508 g/mol. The van der Waals surface area contributed by atoms with Crippen molar-refractivity contribution in [3.63, 3.8) is 0 Å². The molecule has 0 aliphatic carbocycles. The summed E-state index contributed by atoms with van der Waals surface area (Å²) in [5.41, 5.74) is 2.73. The van der Waals surface area contributed by atoms with Crippen molar-refractivity contribution in [1.29, 1.82) is 0 Å². The van der Waals surface area contributed by atoms with Crippen molar-refractivity contribution in [2.75, 3.05) is 39.6 Å². The summed E-state index contributed by atoms with van der Waals surface area (Å²) in [4.78, 5) is 23.3. The van der Waals surface area contributed by atoms with Gasteiger partial charge in [-0.05, 0) is 37.1 Å². The summed E-state index contributed by atoms with van der Waals surface area (Å²) in [6.07, 6.45) is 0.654. The Hall–Kier alpha value is -3.22. The molecule has 0 N–H and O–H groups in total. The number of para-hydroxylation sites is 2. The maximum absolute atomic E-state index is 11.6. The number of allylic oxidation sites excluding steroid dienone is 2. The smallest absolute Gasteiger partial charge is 0.160 e. The lowest BCUT2D eigenvalue weighted by Gasteiger charge is -2.30. The Morgan fingerprint density at radius 3 is 1.41 bits per heavy atom. The first-order valence-corrected chi connectivity index (χ1v) is 12.6. The fourth-order valence-corrected chi connectivity index (χ4v) is 3.74. The lowest BCUT2D eigenvalue weighted by atomic mass is 9.77. The first kappa shape index (κ1) is 30.0. The minimum atomic E-state index is -0.406. The molecule has 0 atom stereocenters. The number of benzene rings is 2. The summed E-state index contributed by atoms with van der Waals surface area (Å²) >= 11 is 0. The van der Waals surface area contributed by atoms with Crippen LogP contribution in [0, 0.1) is 0 Å². The molecule has 0 aliphatic rings. The average molecular weight is 509 g/mol. The van der Waals surface area contributed by atoms with Crippen LogP contribution in [-0.2, 0) is 24.5 Å². The molecular weight excluding hydrogens is 468 g/mol. The molecule has 200 valence electrons. The Kier molecular flexibility index (Phi) is 12.3. The van der Waals surface area contributed by atoms with Gasteiger partial charge in [0, 0.05) is 29.4 Å². The van der Waals surface area contributed by atoms with Crippen molar-refractivity contribution >= 4 is 11.6 Å². The van der Waals surface area contributed by atoms with Crippen LogP contribution in [-0.4, -0.2) is 51.2 Å². The van der Waals surface area contributed by atoms with Crippen molar-refractivity contribution in [3.05, 3.63) is 84.0 Å². The molecule has 0 saturated carbocycles. The lowest BCUT2D eigenvalue weighted by Crippen LogP contribution is -2.22. The van der Waals surface area contributed by atoms with E-state index in [0.717, 1.165) is 22.6 Å². The maximum atomic E-state index is 11.6. The van der Waals surface area contributed by atoms with Crippen LogP contribution in [0.15, 0.2) is 72.8 Å². The molecule has 2 rings (SSSR count). The van der Waals surface area contributed by atoms with E-state index in [9.17, 15) is 9.59 Å². The van der Waals surface area contributed by atoms with E-state index >= 15 is 0 Å². The van der Waals surface area contributed by atoms with Crippen LogP contribution in [0.1, 0.15) is 51.7 Å². The van der Waals surface area contributed by atoms with Crippen molar-refractivity contribution in [1.82, 2.24) is 0 Å². The van der Waals surface area contributed by atoms with Crippen LogP contribution < -0.4 is 9.47 Å². The van der Waals surface area contributed by atoms with Gasteiger partial charge in [-0.25, -0.2) is 0 Å². The van der Waals surface area contributed by atoms with Gasteiger partial charge in [-0.2, -0.15) is 0 Å². The summed E-state index contributed by atoms with van der Waals surface area (Å²) in [6, 6.07) is 15.9. The third-order valence-electron chi connectivity index (χ3n) is 5.99. The highest BCUT2D eigenvalue weighted by atomic mass is 16.5. The van der Waals surface area contributed by atoms with Gasteiger partial charge in [0.1, 0.15) is 24.7 Å². The average Bonchev–Trinajstić information content (AvgIpc) is 2.88. The molecule has 0 heterocycles. The van der Waals surface area contributed by atoms with Gasteiger partial charge in [0.2, 0.25) is 0 Å². The minimum Gasteiger partial charge on any atom is -0.491 e. The first-order valence-electron chi connectivity index (χ1n) is 12.6. The molecule has 6 nitrogen and oxygen atoms in total. The zero-order valence-electron chi connectivity index (χ0n) is 22.6. The minimum absolute atomic E-state index is 0.0124. The molecule has 0 amide bonds. The Bertz CT molecular complexity index is 985. The van der Waals surface area contributed by atoms with Gasteiger partial charge in [-0.3, -0.25) is 9.59 Å². The lowest BCUT2D eigenvalue weighted by molar-refractivity contribution is -0.117. The van der Waals surface area contributed by atoms with Crippen LogP contribution >= 0.6 is 0 Å². The fraction of sp³-hybridized carbons (Fsp3) is 0.419. The van der Waals surface area contributed by atoms with E-state index in [-0.39, 0.29) is 11.6 Å². The number of carbonyl (C=O) groups is 2. The Labute approximate surface area is 221 Å². The van der Waals surface area contributed by atoms with Gasteiger partial charge in [-0.1, -0.05) is 63.4 Å². The fourth-order valence-electron chi connectivity index (χ4n) is 3.74. The maximum Gasteiger partial charge on any atom is 0.160 e. The predicted molar refractivity (Wildman–Crippen MR) is 147 cm³/mol. The van der Waals surface area contributed by atoms with E-state index in [1.165, 1.54) is 0 Å². The van der Waals surface area contributed by atoms with Crippen LogP contribution in [0.3, 0.4) is 0 Å².